The first-order chi connectivity index (χ1) is 9.38. The lowest BCUT2D eigenvalue weighted by atomic mass is 10.2. The third-order valence-electron chi connectivity index (χ3n) is 2.43. The third kappa shape index (κ3) is 3.39. The molecule has 20 heavy (non-hydrogen) atoms. The highest BCUT2D eigenvalue weighted by Gasteiger charge is 2.16. The molecule has 0 radical (unpaired) electrons. The zero-order valence-electron chi connectivity index (χ0n) is 9.68. The van der Waals surface area contributed by atoms with E-state index in [1.165, 1.54) is 0 Å². The first-order valence-electron chi connectivity index (χ1n) is 5.29. The standard InChI is InChI=1S/C13H6Cl2F2INO/c14-6-1-2-12(11(18)3-6)19-13(20)7-4-10(17)8(15)5-9(7)16/h1-5H,(H,19,20). The molecule has 0 aliphatic carbocycles. The summed E-state index contributed by atoms with van der Waals surface area (Å²) in [4.78, 5) is 11.9. The Morgan fingerprint density at radius 3 is 2.45 bits per heavy atom. The van der Waals surface area contributed by atoms with Gasteiger partial charge in [-0.25, -0.2) is 8.78 Å². The molecule has 0 spiro atoms. The molecular formula is C13H6Cl2F2INO. The predicted octanol–water partition coefficient (Wildman–Crippen LogP) is 5.13. The largest absolute Gasteiger partial charge is 0.321 e. The summed E-state index contributed by atoms with van der Waals surface area (Å²) in [6, 6.07) is 6.31. The van der Waals surface area contributed by atoms with Crippen LogP contribution in [0.15, 0.2) is 30.3 Å². The van der Waals surface area contributed by atoms with E-state index in [0.29, 0.717) is 14.3 Å². The lowest BCUT2D eigenvalue weighted by Gasteiger charge is -2.09. The summed E-state index contributed by atoms with van der Waals surface area (Å²) in [5.41, 5.74) is 0.0346. The van der Waals surface area contributed by atoms with Crippen LogP contribution in [0.5, 0.6) is 0 Å². The molecule has 2 nitrogen and oxygen atoms in total. The van der Waals surface area contributed by atoms with Crippen LogP contribution < -0.4 is 5.32 Å². The molecule has 104 valence electrons. The first-order valence-corrected chi connectivity index (χ1v) is 7.13. The highest BCUT2D eigenvalue weighted by molar-refractivity contribution is 14.1. The number of amides is 1. The number of anilines is 1. The van der Waals surface area contributed by atoms with Crippen LogP contribution in [0, 0.1) is 15.2 Å². The number of nitrogens with one attached hydrogen (secondary N) is 1. The summed E-state index contributed by atoms with van der Waals surface area (Å²) in [7, 11) is 0. The van der Waals surface area contributed by atoms with Gasteiger partial charge in [0.15, 0.2) is 0 Å². The Bertz CT molecular complexity index is 694. The molecular weight excluding hydrogens is 422 g/mol. The second-order valence-corrected chi connectivity index (χ2v) is 5.83. The highest BCUT2D eigenvalue weighted by Crippen LogP contribution is 2.24. The molecule has 0 aromatic heterocycles. The zero-order chi connectivity index (χ0) is 14.9. The minimum absolute atomic E-state index is 0.375. The van der Waals surface area contributed by atoms with Crippen LogP contribution in [0.25, 0.3) is 0 Å². The van der Waals surface area contributed by atoms with Crippen LogP contribution in [-0.4, -0.2) is 5.91 Å². The summed E-state index contributed by atoms with van der Waals surface area (Å²) in [5, 5.41) is 2.62. The van der Waals surface area contributed by atoms with E-state index in [4.69, 9.17) is 23.2 Å². The number of hydrogen-bond donors (Lipinski definition) is 1. The van der Waals surface area contributed by atoms with Gasteiger partial charge in [0.05, 0.1) is 16.3 Å². The van der Waals surface area contributed by atoms with E-state index in [-0.39, 0.29) is 5.02 Å². The Kier molecular flexibility index (Phi) is 4.82. The van der Waals surface area contributed by atoms with Crippen molar-refractivity contribution in [1.82, 2.24) is 0 Å². The molecule has 0 saturated heterocycles. The van der Waals surface area contributed by atoms with Gasteiger partial charge in [0, 0.05) is 8.59 Å². The van der Waals surface area contributed by atoms with Crippen molar-refractivity contribution in [2.45, 2.75) is 0 Å². The topological polar surface area (TPSA) is 29.1 Å². The van der Waals surface area contributed by atoms with Crippen molar-refractivity contribution in [2.24, 2.45) is 0 Å². The predicted molar refractivity (Wildman–Crippen MR) is 83.5 cm³/mol. The van der Waals surface area contributed by atoms with Crippen molar-refractivity contribution < 1.29 is 13.6 Å². The fraction of sp³-hybridized carbons (Fsp3) is 0. The fourth-order valence-corrected chi connectivity index (χ4v) is 2.63. The van der Waals surface area contributed by atoms with Crippen LogP contribution >= 0.6 is 45.8 Å². The maximum atomic E-state index is 13.6. The summed E-state index contributed by atoms with van der Waals surface area (Å²) in [6.07, 6.45) is 0. The minimum atomic E-state index is -0.891. The molecule has 0 atom stereocenters. The van der Waals surface area contributed by atoms with E-state index in [0.717, 1.165) is 12.1 Å². The monoisotopic (exact) mass is 427 g/mol. The Morgan fingerprint density at radius 2 is 1.80 bits per heavy atom. The van der Waals surface area contributed by atoms with Crippen LogP contribution in [0.1, 0.15) is 10.4 Å². The number of hydrogen-bond acceptors (Lipinski definition) is 1. The molecule has 0 unspecified atom stereocenters. The molecule has 2 aromatic carbocycles. The van der Waals surface area contributed by atoms with Gasteiger partial charge in [0.1, 0.15) is 11.6 Å². The van der Waals surface area contributed by atoms with Crippen LogP contribution in [0.3, 0.4) is 0 Å². The number of benzene rings is 2. The average Bonchev–Trinajstić information content (AvgIpc) is 2.37. The number of carbonyl (C=O) groups excluding carboxylic acids is 1. The van der Waals surface area contributed by atoms with Crippen molar-refractivity contribution in [3.05, 3.63) is 61.1 Å². The first kappa shape index (κ1) is 15.5. The molecule has 1 N–H and O–H groups in total. The Morgan fingerprint density at radius 1 is 1.10 bits per heavy atom. The van der Waals surface area contributed by atoms with Gasteiger partial charge in [-0.3, -0.25) is 4.79 Å². The lowest BCUT2D eigenvalue weighted by molar-refractivity contribution is 0.102. The maximum Gasteiger partial charge on any atom is 0.258 e. The molecule has 0 saturated carbocycles. The molecule has 2 rings (SSSR count). The van der Waals surface area contributed by atoms with Crippen molar-refractivity contribution in [2.75, 3.05) is 5.32 Å². The van der Waals surface area contributed by atoms with E-state index in [1.807, 2.05) is 22.6 Å². The number of carbonyl (C=O) groups is 1. The Labute approximate surface area is 137 Å². The third-order valence-corrected chi connectivity index (χ3v) is 3.85. The minimum Gasteiger partial charge on any atom is -0.321 e. The number of halogens is 5. The van der Waals surface area contributed by atoms with Gasteiger partial charge in [-0.1, -0.05) is 23.2 Å². The molecule has 0 fully saturated rings. The van der Waals surface area contributed by atoms with Gasteiger partial charge >= 0.3 is 0 Å². The second-order valence-electron chi connectivity index (χ2n) is 3.82. The summed E-state index contributed by atoms with van der Waals surface area (Å²) in [5.74, 6) is -2.51. The summed E-state index contributed by atoms with van der Waals surface area (Å²) < 4.78 is 27.6. The van der Waals surface area contributed by atoms with Crippen molar-refractivity contribution >= 4 is 57.4 Å². The van der Waals surface area contributed by atoms with Gasteiger partial charge in [0.2, 0.25) is 0 Å². The van der Waals surface area contributed by atoms with Gasteiger partial charge in [-0.2, -0.15) is 0 Å². The molecule has 0 bridgehead atoms. The van der Waals surface area contributed by atoms with E-state index >= 15 is 0 Å². The molecule has 0 aliphatic rings. The van der Waals surface area contributed by atoms with Gasteiger partial charge < -0.3 is 5.32 Å². The van der Waals surface area contributed by atoms with Gasteiger partial charge in [-0.15, -0.1) is 0 Å². The van der Waals surface area contributed by atoms with Crippen LogP contribution in [0.2, 0.25) is 10.0 Å². The van der Waals surface area contributed by atoms with Gasteiger partial charge in [0.25, 0.3) is 5.91 Å². The van der Waals surface area contributed by atoms with E-state index < -0.39 is 23.1 Å². The normalized spacial score (nSPS) is 10.4. The molecule has 1 amide bonds. The molecule has 2 aromatic rings. The SMILES string of the molecule is O=C(Nc1ccc(Cl)cc1I)c1cc(F)c(Cl)cc1F. The Balaban J connectivity index is 2.31. The summed E-state index contributed by atoms with van der Waals surface area (Å²) >= 11 is 13.2. The van der Waals surface area contributed by atoms with E-state index in [9.17, 15) is 13.6 Å². The highest BCUT2D eigenvalue weighted by atomic mass is 127. The second kappa shape index (κ2) is 6.24. The van der Waals surface area contributed by atoms with Crippen LogP contribution in [-0.2, 0) is 0 Å². The van der Waals surface area contributed by atoms with Crippen LogP contribution in [0.4, 0.5) is 14.5 Å². The summed E-state index contributed by atoms with van der Waals surface area (Å²) in [6.45, 7) is 0. The Hall–Kier alpha value is -0.920. The van der Waals surface area contributed by atoms with E-state index in [1.54, 1.807) is 18.2 Å². The smallest absolute Gasteiger partial charge is 0.258 e. The van der Waals surface area contributed by atoms with E-state index in [2.05, 4.69) is 5.32 Å². The van der Waals surface area contributed by atoms with Gasteiger partial charge in [-0.05, 0) is 52.9 Å². The molecule has 0 heterocycles. The quantitative estimate of drug-likeness (QED) is 0.522. The maximum absolute atomic E-state index is 13.6. The lowest BCUT2D eigenvalue weighted by Crippen LogP contribution is -2.15. The molecule has 0 aliphatic heterocycles. The number of rotatable bonds is 2. The average molecular weight is 428 g/mol. The van der Waals surface area contributed by atoms with Crippen molar-refractivity contribution in [3.8, 4) is 0 Å². The fourth-order valence-electron chi connectivity index (χ4n) is 1.48. The zero-order valence-corrected chi connectivity index (χ0v) is 13.4. The molecule has 7 heteroatoms. The van der Waals surface area contributed by atoms with Crippen molar-refractivity contribution in [1.29, 1.82) is 0 Å². The van der Waals surface area contributed by atoms with Crippen molar-refractivity contribution in [3.63, 3.8) is 0 Å².